The lowest BCUT2D eigenvalue weighted by Gasteiger charge is -2.13. The number of ether oxygens (including phenoxy) is 1. The smallest absolute Gasteiger partial charge is 0.356 e. The molecule has 2 N–H and O–H groups in total. The normalized spacial score (nSPS) is 12.5. The molecule has 0 radical (unpaired) electrons. The number of anilines is 1. The van der Waals surface area contributed by atoms with E-state index in [0.717, 1.165) is 6.42 Å². The Morgan fingerprint density at radius 1 is 1.58 bits per heavy atom. The number of imidazole rings is 1. The van der Waals surface area contributed by atoms with Crippen LogP contribution in [0, 0.1) is 0 Å². The summed E-state index contributed by atoms with van der Waals surface area (Å²) in [7, 11) is 1.64. The summed E-state index contributed by atoms with van der Waals surface area (Å²) in [6.07, 6.45) is 2.47. The quantitative estimate of drug-likeness (QED) is 0.832. The second-order valence-corrected chi connectivity index (χ2v) is 4.37. The third-order valence-corrected chi connectivity index (χ3v) is 2.87. The van der Waals surface area contributed by atoms with Crippen LogP contribution in [-0.2, 0) is 4.74 Å². The van der Waals surface area contributed by atoms with Crippen molar-refractivity contribution < 1.29 is 14.6 Å². The molecule has 6 nitrogen and oxygen atoms in total. The monoisotopic (exact) mass is 263 g/mol. The molecule has 0 fully saturated rings. The molecule has 19 heavy (non-hydrogen) atoms. The molecular weight excluding hydrogens is 246 g/mol. The van der Waals surface area contributed by atoms with Crippen molar-refractivity contribution in [1.29, 1.82) is 0 Å². The van der Waals surface area contributed by atoms with E-state index in [0.29, 0.717) is 18.1 Å². The SMILES string of the molecule is COCCC(C)Nc1nc2ccccn2c1C(=O)O. The molecule has 1 atom stereocenters. The van der Waals surface area contributed by atoms with E-state index < -0.39 is 5.97 Å². The number of aromatic nitrogens is 2. The van der Waals surface area contributed by atoms with Gasteiger partial charge in [-0.15, -0.1) is 0 Å². The van der Waals surface area contributed by atoms with Crippen LogP contribution >= 0.6 is 0 Å². The standard InChI is InChI=1S/C13H17N3O3/c1-9(6-8-19-2)14-12-11(13(17)18)16-7-4-3-5-10(16)15-12/h3-5,7,9,14H,6,8H2,1-2H3,(H,17,18). The van der Waals surface area contributed by atoms with Crippen molar-refractivity contribution in [3.63, 3.8) is 0 Å². The molecule has 6 heteroatoms. The van der Waals surface area contributed by atoms with Gasteiger partial charge < -0.3 is 15.2 Å². The number of rotatable bonds is 6. The van der Waals surface area contributed by atoms with E-state index in [2.05, 4.69) is 10.3 Å². The summed E-state index contributed by atoms with van der Waals surface area (Å²) in [6, 6.07) is 5.46. The topological polar surface area (TPSA) is 75.9 Å². The van der Waals surface area contributed by atoms with Crippen LogP contribution in [0.4, 0.5) is 5.82 Å². The van der Waals surface area contributed by atoms with Gasteiger partial charge in [0.05, 0.1) is 0 Å². The van der Waals surface area contributed by atoms with E-state index >= 15 is 0 Å². The van der Waals surface area contributed by atoms with Gasteiger partial charge >= 0.3 is 5.97 Å². The van der Waals surface area contributed by atoms with E-state index in [1.165, 1.54) is 0 Å². The molecule has 0 saturated heterocycles. The molecular formula is C13H17N3O3. The minimum atomic E-state index is -1.000. The van der Waals surface area contributed by atoms with Gasteiger partial charge in [-0.3, -0.25) is 4.40 Å². The Morgan fingerprint density at radius 2 is 2.37 bits per heavy atom. The van der Waals surface area contributed by atoms with Crippen LogP contribution in [0.3, 0.4) is 0 Å². The number of hydrogen-bond donors (Lipinski definition) is 2. The van der Waals surface area contributed by atoms with Crippen molar-refractivity contribution in [3.8, 4) is 0 Å². The lowest BCUT2D eigenvalue weighted by molar-refractivity contribution is 0.0690. The third kappa shape index (κ3) is 2.85. The summed E-state index contributed by atoms with van der Waals surface area (Å²) in [5, 5.41) is 12.4. The zero-order valence-corrected chi connectivity index (χ0v) is 11.0. The Bertz CT molecular complexity index is 580. The van der Waals surface area contributed by atoms with Gasteiger partial charge in [0.15, 0.2) is 11.5 Å². The number of carboxylic acid groups (broad SMARTS) is 1. The van der Waals surface area contributed by atoms with Crippen LogP contribution in [-0.4, -0.2) is 40.2 Å². The maximum absolute atomic E-state index is 11.4. The molecule has 0 aromatic carbocycles. The molecule has 2 rings (SSSR count). The average Bonchev–Trinajstić information content (AvgIpc) is 2.74. The van der Waals surface area contributed by atoms with Gasteiger partial charge in [-0.05, 0) is 25.5 Å². The Hall–Kier alpha value is -2.08. The van der Waals surface area contributed by atoms with E-state index in [9.17, 15) is 9.90 Å². The van der Waals surface area contributed by atoms with Crippen LogP contribution in [0.1, 0.15) is 23.8 Å². The predicted octanol–water partition coefficient (Wildman–Crippen LogP) is 1.87. The lowest BCUT2D eigenvalue weighted by Crippen LogP contribution is -2.19. The number of carbonyl (C=O) groups is 1. The van der Waals surface area contributed by atoms with Crippen molar-refractivity contribution in [1.82, 2.24) is 9.38 Å². The summed E-state index contributed by atoms with van der Waals surface area (Å²) in [5.41, 5.74) is 0.765. The number of aromatic carboxylic acids is 1. The van der Waals surface area contributed by atoms with Crippen molar-refractivity contribution in [2.24, 2.45) is 0 Å². The van der Waals surface area contributed by atoms with Gasteiger partial charge in [-0.1, -0.05) is 6.07 Å². The highest BCUT2D eigenvalue weighted by Gasteiger charge is 2.19. The molecule has 0 saturated carbocycles. The lowest BCUT2D eigenvalue weighted by atomic mass is 10.2. The van der Waals surface area contributed by atoms with Gasteiger partial charge in [-0.25, -0.2) is 9.78 Å². The van der Waals surface area contributed by atoms with Crippen LogP contribution in [0.2, 0.25) is 0 Å². The molecule has 0 spiro atoms. The number of pyridine rings is 1. The second kappa shape index (κ2) is 5.71. The Morgan fingerprint density at radius 3 is 3.05 bits per heavy atom. The van der Waals surface area contributed by atoms with Crippen LogP contribution in [0.25, 0.3) is 5.65 Å². The molecule has 0 amide bonds. The minimum absolute atomic E-state index is 0.0861. The van der Waals surface area contributed by atoms with Crippen molar-refractivity contribution >= 4 is 17.4 Å². The number of methoxy groups -OCH3 is 1. The number of fused-ring (bicyclic) bond motifs is 1. The largest absolute Gasteiger partial charge is 0.476 e. The fourth-order valence-corrected chi connectivity index (χ4v) is 1.90. The molecule has 2 heterocycles. The highest BCUT2D eigenvalue weighted by molar-refractivity contribution is 5.93. The molecule has 0 aliphatic heterocycles. The predicted molar refractivity (Wildman–Crippen MR) is 71.7 cm³/mol. The Kier molecular flexibility index (Phi) is 4.01. The fraction of sp³-hybridized carbons (Fsp3) is 0.385. The molecule has 2 aromatic heterocycles. The maximum Gasteiger partial charge on any atom is 0.356 e. The summed E-state index contributed by atoms with van der Waals surface area (Å²) >= 11 is 0. The van der Waals surface area contributed by atoms with E-state index in [1.54, 1.807) is 29.8 Å². The van der Waals surface area contributed by atoms with Crippen LogP contribution in [0.15, 0.2) is 24.4 Å². The van der Waals surface area contributed by atoms with Gasteiger partial charge in [0, 0.05) is 26.0 Å². The Balaban J connectivity index is 2.31. The fourth-order valence-electron chi connectivity index (χ4n) is 1.90. The molecule has 0 aliphatic carbocycles. The van der Waals surface area contributed by atoms with E-state index in [4.69, 9.17) is 4.74 Å². The van der Waals surface area contributed by atoms with E-state index in [1.807, 2.05) is 13.0 Å². The first kappa shape index (κ1) is 13.4. The highest BCUT2D eigenvalue weighted by atomic mass is 16.5. The zero-order chi connectivity index (χ0) is 13.8. The first-order chi connectivity index (χ1) is 9.13. The first-order valence-corrected chi connectivity index (χ1v) is 6.09. The van der Waals surface area contributed by atoms with Crippen molar-refractivity contribution in [2.45, 2.75) is 19.4 Å². The van der Waals surface area contributed by atoms with Crippen LogP contribution < -0.4 is 5.32 Å². The van der Waals surface area contributed by atoms with E-state index in [-0.39, 0.29) is 11.7 Å². The summed E-state index contributed by atoms with van der Waals surface area (Å²) in [6.45, 7) is 2.58. The Labute approximate surface area is 111 Å². The maximum atomic E-state index is 11.4. The molecule has 0 bridgehead atoms. The van der Waals surface area contributed by atoms with Gasteiger partial charge in [0.2, 0.25) is 0 Å². The number of carboxylic acids is 1. The molecule has 2 aromatic rings. The van der Waals surface area contributed by atoms with Crippen LogP contribution in [0.5, 0.6) is 0 Å². The summed E-state index contributed by atoms with van der Waals surface area (Å²) in [4.78, 5) is 15.7. The number of hydrogen-bond acceptors (Lipinski definition) is 4. The highest BCUT2D eigenvalue weighted by Crippen LogP contribution is 2.18. The third-order valence-electron chi connectivity index (χ3n) is 2.87. The van der Waals surface area contributed by atoms with Gasteiger partial charge in [0.1, 0.15) is 5.65 Å². The summed E-state index contributed by atoms with van der Waals surface area (Å²) in [5.74, 6) is -0.609. The first-order valence-electron chi connectivity index (χ1n) is 6.09. The number of nitrogens with one attached hydrogen (secondary N) is 1. The second-order valence-electron chi connectivity index (χ2n) is 4.37. The average molecular weight is 263 g/mol. The minimum Gasteiger partial charge on any atom is -0.476 e. The number of nitrogens with zero attached hydrogens (tertiary/aromatic N) is 2. The summed E-state index contributed by atoms with van der Waals surface area (Å²) < 4.78 is 6.57. The van der Waals surface area contributed by atoms with Crippen molar-refractivity contribution in [2.75, 3.05) is 19.0 Å². The molecule has 102 valence electrons. The zero-order valence-electron chi connectivity index (χ0n) is 11.0. The molecule has 1 unspecified atom stereocenters. The molecule has 0 aliphatic rings. The van der Waals surface area contributed by atoms with Gasteiger partial charge in [0.25, 0.3) is 0 Å². The van der Waals surface area contributed by atoms with Crippen molar-refractivity contribution in [3.05, 3.63) is 30.1 Å². The van der Waals surface area contributed by atoms with Gasteiger partial charge in [-0.2, -0.15) is 0 Å².